The molecule has 0 aliphatic rings. The Kier molecular flexibility index (Phi) is 4.55. The number of rotatable bonds is 2. The molecule has 0 amide bonds. The number of benzene rings is 5. The standard InChI is InChI=1S/C28H19F3/c1-18-12-14-22-23-15-13-21(28(29,30)31)17-25(23)27(20-10-6-3-7-11-20)26(24(22)16-18)19-8-4-2-5-9-19/h2-17H,1H3. The fraction of sp³-hybridized carbons (Fsp3) is 0.0714. The van der Waals surface area contributed by atoms with Crippen molar-refractivity contribution in [2.45, 2.75) is 13.1 Å². The molecule has 0 saturated heterocycles. The van der Waals surface area contributed by atoms with Crippen LogP contribution in [0.15, 0.2) is 97.1 Å². The second-order valence-electron chi connectivity index (χ2n) is 7.79. The van der Waals surface area contributed by atoms with Crippen LogP contribution in [0.25, 0.3) is 43.8 Å². The topological polar surface area (TPSA) is 0 Å². The van der Waals surface area contributed by atoms with Crippen molar-refractivity contribution >= 4 is 21.5 Å². The zero-order valence-electron chi connectivity index (χ0n) is 16.9. The molecule has 0 N–H and O–H groups in total. The van der Waals surface area contributed by atoms with Gasteiger partial charge < -0.3 is 0 Å². The molecule has 0 nitrogen and oxygen atoms in total. The van der Waals surface area contributed by atoms with Gasteiger partial charge in [0.15, 0.2) is 0 Å². The van der Waals surface area contributed by atoms with Crippen molar-refractivity contribution in [1.29, 1.82) is 0 Å². The Labute approximate surface area is 178 Å². The van der Waals surface area contributed by atoms with E-state index in [1.54, 1.807) is 6.07 Å². The summed E-state index contributed by atoms with van der Waals surface area (Å²) in [7, 11) is 0. The first-order valence-corrected chi connectivity index (χ1v) is 10.1. The van der Waals surface area contributed by atoms with Crippen molar-refractivity contribution in [3.63, 3.8) is 0 Å². The van der Waals surface area contributed by atoms with E-state index in [9.17, 15) is 13.2 Å². The van der Waals surface area contributed by atoms with Crippen LogP contribution in [0.1, 0.15) is 11.1 Å². The van der Waals surface area contributed by atoms with Crippen LogP contribution < -0.4 is 0 Å². The van der Waals surface area contributed by atoms with Gasteiger partial charge in [-0.15, -0.1) is 0 Å². The molecule has 0 fully saturated rings. The van der Waals surface area contributed by atoms with Gasteiger partial charge in [-0.1, -0.05) is 90.5 Å². The van der Waals surface area contributed by atoms with E-state index in [0.29, 0.717) is 5.39 Å². The lowest BCUT2D eigenvalue weighted by Gasteiger charge is -2.20. The molecule has 5 aromatic rings. The Balaban J connectivity index is 2.05. The summed E-state index contributed by atoms with van der Waals surface area (Å²) < 4.78 is 40.9. The maximum Gasteiger partial charge on any atom is 0.416 e. The summed E-state index contributed by atoms with van der Waals surface area (Å²) in [6.45, 7) is 2.04. The van der Waals surface area contributed by atoms with Gasteiger partial charge in [-0.05, 0) is 62.9 Å². The maximum absolute atomic E-state index is 13.6. The first kappa shape index (κ1) is 19.4. The number of aryl methyl sites for hydroxylation is 1. The van der Waals surface area contributed by atoms with Gasteiger partial charge in [0.1, 0.15) is 0 Å². The van der Waals surface area contributed by atoms with Crippen molar-refractivity contribution in [1.82, 2.24) is 0 Å². The maximum atomic E-state index is 13.6. The van der Waals surface area contributed by atoms with Crippen LogP contribution in [0.4, 0.5) is 13.2 Å². The van der Waals surface area contributed by atoms with Gasteiger partial charge in [-0.2, -0.15) is 13.2 Å². The normalized spacial score (nSPS) is 11.9. The average molecular weight is 412 g/mol. The molecule has 0 heterocycles. The van der Waals surface area contributed by atoms with E-state index >= 15 is 0 Å². The summed E-state index contributed by atoms with van der Waals surface area (Å²) in [5.74, 6) is 0. The van der Waals surface area contributed by atoms with E-state index in [-0.39, 0.29) is 0 Å². The van der Waals surface area contributed by atoms with E-state index in [1.807, 2.05) is 79.7 Å². The summed E-state index contributed by atoms with van der Waals surface area (Å²) in [6.07, 6.45) is -4.41. The van der Waals surface area contributed by atoms with E-state index < -0.39 is 11.7 Å². The lowest BCUT2D eigenvalue weighted by Crippen LogP contribution is -2.04. The Morgan fingerprint density at radius 1 is 0.516 bits per heavy atom. The van der Waals surface area contributed by atoms with Crippen LogP contribution in [-0.2, 0) is 6.18 Å². The van der Waals surface area contributed by atoms with Gasteiger partial charge in [-0.3, -0.25) is 0 Å². The van der Waals surface area contributed by atoms with Crippen molar-refractivity contribution in [2.24, 2.45) is 0 Å². The van der Waals surface area contributed by atoms with E-state index in [2.05, 4.69) is 6.07 Å². The smallest absolute Gasteiger partial charge is 0.166 e. The monoisotopic (exact) mass is 412 g/mol. The molecule has 31 heavy (non-hydrogen) atoms. The minimum Gasteiger partial charge on any atom is -0.166 e. The first-order chi connectivity index (χ1) is 14.9. The molecule has 5 aromatic carbocycles. The quantitative estimate of drug-likeness (QED) is 0.255. The Hall–Kier alpha value is -3.59. The number of alkyl halides is 3. The van der Waals surface area contributed by atoms with Crippen LogP contribution in [0.5, 0.6) is 0 Å². The number of hydrogen-bond acceptors (Lipinski definition) is 0. The van der Waals surface area contributed by atoms with Crippen molar-refractivity contribution in [3.05, 3.63) is 108 Å². The minimum absolute atomic E-state index is 0.608. The second-order valence-corrected chi connectivity index (χ2v) is 7.79. The molecule has 0 aliphatic carbocycles. The number of hydrogen-bond donors (Lipinski definition) is 0. The predicted octanol–water partition coefficient (Wildman–Crippen LogP) is 8.65. The molecule has 0 radical (unpaired) electrons. The van der Waals surface area contributed by atoms with Gasteiger partial charge in [0.05, 0.1) is 5.56 Å². The van der Waals surface area contributed by atoms with Crippen LogP contribution >= 0.6 is 0 Å². The van der Waals surface area contributed by atoms with Crippen LogP contribution in [0.3, 0.4) is 0 Å². The fourth-order valence-corrected chi connectivity index (χ4v) is 4.34. The highest BCUT2D eigenvalue weighted by atomic mass is 19.4. The lowest BCUT2D eigenvalue weighted by molar-refractivity contribution is -0.137. The molecule has 5 rings (SSSR count). The SMILES string of the molecule is Cc1ccc2c(c1)c(-c1ccccc1)c(-c1ccccc1)c1cc(C(F)(F)F)ccc12. The second kappa shape index (κ2) is 7.28. The number of halogens is 3. The summed E-state index contributed by atoms with van der Waals surface area (Å²) in [4.78, 5) is 0. The third-order valence-corrected chi connectivity index (χ3v) is 5.73. The molecule has 152 valence electrons. The summed E-state index contributed by atoms with van der Waals surface area (Å²) >= 11 is 0. The van der Waals surface area contributed by atoms with Gasteiger partial charge in [0.25, 0.3) is 0 Å². The highest BCUT2D eigenvalue weighted by molar-refractivity contribution is 6.21. The molecule has 0 spiro atoms. The van der Waals surface area contributed by atoms with E-state index in [4.69, 9.17) is 0 Å². The van der Waals surface area contributed by atoms with E-state index in [0.717, 1.165) is 44.0 Å². The lowest BCUT2D eigenvalue weighted by atomic mass is 9.84. The third-order valence-electron chi connectivity index (χ3n) is 5.73. The molecule has 3 heteroatoms. The van der Waals surface area contributed by atoms with Crippen molar-refractivity contribution in [3.8, 4) is 22.3 Å². The zero-order chi connectivity index (χ0) is 21.6. The van der Waals surface area contributed by atoms with Gasteiger partial charge in [-0.25, -0.2) is 0 Å². The van der Waals surface area contributed by atoms with Gasteiger partial charge >= 0.3 is 6.18 Å². The summed E-state index contributed by atoms with van der Waals surface area (Å²) in [5, 5.41) is 3.42. The molecule has 0 bridgehead atoms. The van der Waals surface area contributed by atoms with Gasteiger partial charge in [0.2, 0.25) is 0 Å². The van der Waals surface area contributed by atoms with E-state index in [1.165, 1.54) is 12.1 Å². The van der Waals surface area contributed by atoms with Crippen LogP contribution in [-0.4, -0.2) is 0 Å². The molecular weight excluding hydrogens is 393 g/mol. The molecular formula is C28H19F3. The Morgan fingerprint density at radius 3 is 1.52 bits per heavy atom. The van der Waals surface area contributed by atoms with Crippen LogP contribution in [0.2, 0.25) is 0 Å². The highest BCUT2D eigenvalue weighted by Crippen LogP contribution is 2.46. The summed E-state index contributed by atoms with van der Waals surface area (Å²) in [5.41, 5.74) is 4.13. The van der Waals surface area contributed by atoms with Crippen LogP contribution in [0, 0.1) is 6.92 Å². The number of fused-ring (bicyclic) bond motifs is 3. The molecule has 0 aromatic heterocycles. The Bertz CT molecular complexity index is 1400. The fourth-order valence-electron chi connectivity index (χ4n) is 4.34. The van der Waals surface area contributed by atoms with Crippen molar-refractivity contribution < 1.29 is 13.2 Å². The Morgan fingerprint density at radius 2 is 1.00 bits per heavy atom. The highest BCUT2D eigenvalue weighted by Gasteiger charge is 2.31. The van der Waals surface area contributed by atoms with Crippen molar-refractivity contribution in [2.75, 3.05) is 0 Å². The van der Waals surface area contributed by atoms with Gasteiger partial charge in [0, 0.05) is 0 Å². The predicted molar refractivity (Wildman–Crippen MR) is 122 cm³/mol. The zero-order valence-corrected chi connectivity index (χ0v) is 16.9. The third kappa shape index (κ3) is 3.36. The first-order valence-electron chi connectivity index (χ1n) is 10.1. The largest absolute Gasteiger partial charge is 0.416 e. The molecule has 0 saturated carbocycles. The molecule has 0 atom stereocenters. The average Bonchev–Trinajstić information content (AvgIpc) is 2.78. The summed E-state index contributed by atoms with van der Waals surface area (Å²) in [6, 6.07) is 29.8. The minimum atomic E-state index is -4.41. The molecule has 0 aliphatic heterocycles. The molecule has 0 unspecified atom stereocenters.